The molecule has 0 aliphatic heterocycles. The Labute approximate surface area is 127 Å². The third kappa shape index (κ3) is 3.26. The van der Waals surface area contributed by atoms with Gasteiger partial charge < -0.3 is 10.5 Å². The molecule has 5 heteroatoms. The minimum atomic E-state index is -0.357. The quantitative estimate of drug-likeness (QED) is 0.528. The Morgan fingerprint density at radius 1 is 1.25 bits per heavy atom. The molecule has 2 rings (SSSR count). The van der Waals surface area contributed by atoms with Crippen LogP contribution in [0.15, 0.2) is 52.3 Å². The lowest BCUT2D eigenvalue weighted by atomic mass is 10.2. The zero-order valence-electron chi connectivity index (χ0n) is 10.9. The number of halogens is 1. The summed E-state index contributed by atoms with van der Waals surface area (Å²) >= 11 is 7.21. The number of alkyl halides is 1. The number of rotatable bonds is 4. The molecule has 3 nitrogen and oxygen atoms in total. The number of carbonyl (C=O) groups is 1. The summed E-state index contributed by atoms with van der Waals surface area (Å²) in [6, 6.07) is 13.0. The second-order valence-electron chi connectivity index (χ2n) is 4.10. The van der Waals surface area contributed by atoms with E-state index in [1.165, 1.54) is 18.9 Å². The van der Waals surface area contributed by atoms with Gasteiger partial charge in [-0.25, -0.2) is 4.79 Å². The van der Waals surface area contributed by atoms with Crippen LogP contribution < -0.4 is 5.73 Å². The Bertz CT molecular complexity index is 631. The Morgan fingerprint density at radius 2 is 2.00 bits per heavy atom. The van der Waals surface area contributed by atoms with Gasteiger partial charge in [0.15, 0.2) is 0 Å². The summed E-state index contributed by atoms with van der Waals surface area (Å²) in [5.41, 5.74) is 8.15. The van der Waals surface area contributed by atoms with E-state index in [4.69, 9.17) is 22.1 Å². The zero-order valence-corrected chi connectivity index (χ0v) is 12.5. The molecule has 0 atom stereocenters. The van der Waals surface area contributed by atoms with Crippen molar-refractivity contribution in [3.05, 3.63) is 53.6 Å². The molecular weight excluding hydrogens is 294 g/mol. The topological polar surface area (TPSA) is 52.3 Å². The third-order valence-electron chi connectivity index (χ3n) is 2.74. The number of hydrogen-bond acceptors (Lipinski definition) is 4. The van der Waals surface area contributed by atoms with Crippen LogP contribution >= 0.6 is 23.4 Å². The summed E-state index contributed by atoms with van der Waals surface area (Å²) in [7, 11) is 1.37. The van der Waals surface area contributed by atoms with Gasteiger partial charge in [0.05, 0.1) is 12.7 Å². The first-order valence-corrected chi connectivity index (χ1v) is 7.30. The van der Waals surface area contributed by atoms with E-state index in [9.17, 15) is 4.79 Å². The van der Waals surface area contributed by atoms with Gasteiger partial charge in [-0.15, -0.1) is 11.6 Å². The highest BCUT2D eigenvalue weighted by Crippen LogP contribution is 2.35. The number of carbonyl (C=O) groups excluding carboxylic acids is 1. The number of benzene rings is 2. The maximum absolute atomic E-state index is 11.7. The molecule has 0 fully saturated rings. The third-order valence-corrected chi connectivity index (χ3v) is 4.22. The van der Waals surface area contributed by atoms with Crippen LogP contribution in [0.5, 0.6) is 0 Å². The van der Waals surface area contributed by atoms with Gasteiger partial charge in [-0.2, -0.15) is 0 Å². The van der Waals surface area contributed by atoms with Crippen molar-refractivity contribution in [2.24, 2.45) is 0 Å². The van der Waals surface area contributed by atoms with Crippen LogP contribution in [-0.4, -0.2) is 13.1 Å². The second kappa shape index (κ2) is 6.68. The van der Waals surface area contributed by atoms with Gasteiger partial charge in [0, 0.05) is 21.4 Å². The summed E-state index contributed by atoms with van der Waals surface area (Å²) in [5, 5.41) is 0. The number of ether oxygens (including phenoxy) is 1. The van der Waals surface area contributed by atoms with Crippen molar-refractivity contribution < 1.29 is 9.53 Å². The van der Waals surface area contributed by atoms with E-state index in [0.717, 1.165) is 15.4 Å². The molecular formula is C15H14ClNO2S. The largest absolute Gasteiger partial charge is 0.465 e. The van der Waals surface area contributed by atoms with Crippen molar-refractivity contribution in [3.63, 3.8) is 0 Å². The SMILES string of the molecule is COC(=O)c1ccccc1Sc1ccc(CCl)cc1N. The molecule has 0 aliphatic carbocycles. The Hall–Kier alpha value is -1.65. The van der Waals surface area contributed by atoms with Crippen molar-refractivity contribution in [1.82, 2.24) is 0 Å². The number of nitrogen functional groups attached to an aromatic ring is 1. The molecule has 104 valence electrons. The molecule has 0 amide bonds. The number of hydrogen-bond donors (Lipinski definition) is 1. The average Bonchev–Trinajstić information content (AvgIpc) is 2.49. The van der Waals surface area contributed by atoms with E-state index in [-0.39, 0.29) is 5.97 Å². The number of anilines is 1. The molecule has 2 aromatic rings. The number of esters is 1. The van der Waals surface area contributed by atoms with Crippen molar-refractivity contribution >= 4 is 35.0 Å². The molecule has 2 aromatic carbocycles. The van der Waals surface area contributed by atoms with Crippen LogP contribution in [0.2, 0.25) is 0 Å². The molecule has 0 saturated heterocycles. The fourth-order valence-corrected chi connectivity index (χ4v) is 2.85. The monoisotopic (exact) mass is 307 g/mol. The van der Waals surface area contributed by atoms with E-state index in [2.05, 4.69) is 0 Å². The fourth-order valence-electron chi connectivity index (χ4n) is 1.73. The maximum Gasteiger partial charge on any atom is 0.339 e. The lowest BCUT2D eigenvalue weighted by Gasteiger charge is -2.10. The standard InChI is InChI=1S/C15H14ClNO2S/c1-19-15(18)11-4-2-3-5-13(11)20-14-7-6-10(9-16)8-12(14)17/h2-8H,9,17H2,1H3. The highest BCUT2D eigenvalue weighted by atomic mass is 35.5. The Kier molecular flexibility index (Phi) is 4.93. The van der Waals surface area contributed by atoms with E-state index < -0.39 is 0 Å². The highest BCUT2D eigenvalue weighted by Gasteiger charge is 2.13. The smallest absolute Gasteiger partial charge is 0.339 e. The minimum absolute atomic E-state index is 0.357. The first kappa shape index (κ1) is 14.8. The van der Waals surface area contributed by atoms with Gasteiger partial charge in [-0.1, -0.05) is 30.0 Å². The van der Waals surface area contributed by atoms with Crippen molar-refractivity contribution in [2.45, 2.75) is 15.7 Å². The van der Waals surface area contributed by atoms with Gasteiger partial charge >= 0.3 is 5.97 Å². The lowest BCUT2D eigenvalue weighted by molar-refractivity contribution is 0.0597. The van der Waals surface area contributed by atoms with Crippen LogP contribution in [0.3, 0.4) is 0 Å². The van der Waals surface area contributed by atoms with Gasteiger partial charge in [-0.3, -0.25) is 0 Å². The molecule has 0 unspecified atom stereocenters. The molecule has 0 saturated carbocycles. The first-order valence-electron chi connectivity index (χ1n) is 5.95. The first-order chi connectivity index (χ1) is 9.65. The van der Waals surface area contributed by atoms with Gasteiger partial charge in [0.25, 0.3) is 0 Å². The summed E-state index contributed by atoms with van der Waals surface area (Å²) in [6.07, 6.45) is 0. The predicted octanol–water partition coefficient (Wildman–Crippen LogP) is 3.95. The van der Waals surface area contributed by atoms with E-state index >= 15 is 0 Å². The Balaban J connectivity index is 2.33. The summed E-state index contributed by atoms with van der Waals surface area (Å²) in [4.78, 5) is 13.4. The molecule has 0 spiro atoms. The molecule has 0 radical (unpaired) electrons. The van der Waals surface area contributed by atoms with Crippen molar-refractivity contribution in [2.75, 3.05) is 12.8 Å². The maximum atomic E-state index is 11.7. The van der Waals surface area contributed by atoms with Crippen LogP contribution in [0.25, 0.3) is 0 Å². The molecule has 20 heavy (non-hydrogen) atoms. The summed E-state index contributed by atoms with van der Waals surface area (Å²) in [6.45, 7) is 0. The van der Waals surface area contributed by atoms with E-state index in [1.54, 1.807) is 12.1 Å². The molecule has 2 N–H and O–H groups in total. The van der Waals surface area contributed by atoms with Crippen molar-refractivity contribution in [3.8, 4) is 0 Å². The second-order valence-corrected chi connectivity index (χ2v) is 5.45. The normalized spacial score (nSPS) is 10.3. The van der Waals surface area contributed by atoms with Gasteiger partial charge in [0.2, 0.25) is 0 Å². The highest BCUT2D eigenvalue weighted by molar-refractivity contribution is 7.99. The average molecular weight is 308 g/mol. The summed E-state index contributed by atoms with van der Waals surface area (Å²) in [5.74, 6) is 0.0671. The van der Waals surface area contributed by atoms with Crippen LogP contribution in [0, 0.1) is 0 Å². The van der Waals surface area contributed by atoms with E-state index in [0.29, 0.717) is 17.1 Å². The van der Waals surface area contributed by atoms with Crippen LogP contribution in [-0.2, 0) is 10.6 Å². The Morgan fingerprint density at radius 3 is 2.65 bits per heavy atom. The predicted molar refractivity (Wildman–Crippen MR) is 82.3 cm³/mol. The van der Waals surface area contributed by atoms with E-state index in [1.807, 2.05) is 30.3 Å². The fraction of sp³-hybridized carbons (Fsp3) is 0.133. The lowest BCUT2D eigenvalue weighted by Crippen LogP contribution is -2.02. The van der Waals surface area contributed by atoms with Gasteiger partial charge in [-0.05, 0) is 29.8 Å². The zero-order chi connectivity index (χ0) is 14.5. The molecule has 0 bridgehead atoms. The van der Waals surface area contributed by atoms with Gasteiger partial charge in [0.1, 0.15) is 0 Å². The molecule has 0 heterocycles. The molecule has 0 aromatic heterocycles. The van der Waals surface area contributed by atoms with Crippen LogP contribution in [0.4, 0.5) is 5.69 Å². The summed E-state index contributed by atoms with van der Waals surface area (Å²) < 4.78 is 4.78. The molecule has 0 aliphatic rings. The van der Waals surface area contributed by atoms with Crippen molar-refractivity contribution in [1.29, 1.82) is 0 Å². The minimum Gasteiger partial charge on any atom is -0.465 e. The number of nitrogens with two attached hydrogens (primary N) is 1. The van der Waals surface area contributed by atoms with Crippen LogP contribution in [0.1, 0.15) is 15.9 Å². The number of methoxy groups -OCH3 is 1.